The molecule has 180 valence electrons. The van der Waals surface area contributed by atoms with E-state index in [0.717, 1.165) is 85.6 Å². The molecule has 0 amide bonds. The number of fused-ring (bicyclic) bond motifs is 1. The van der Waals surface area contributed by atoms with E-state index in [-0.39, 0.29) is 30.0 Å². The average molecular weight is 566 g/mol. The van der Waals surface area contributed by atoms with Crippen molar-refractivity contribution < 1.29 is 8.83 Å². The highest BCUT2D eigenvalue weighted by atomic mass is 127. The number of nitrogens with zero attached hydrogens (tertiary/aromatic N) is 3. The number of rotatable bonds is 7. The Kier molecular flexibility index (Phi) is 9.19. The predicted molar refractivity (Wildman–Crippen MR) is 143 cm³/mol. The number of aryl methyl sites for hydroxylation is 2. The molecule has 7 nitrogen and oxygen atoms in total. The monoisotopic (exact) mass is 565 g/mol. The zero-order chi connectivity index (χ0) is 22.5. The second kappa shape index (κ2) is 11.9. The van der Waals surface area contributed by atoms with Gasteiger partial charge in [-0.1, -0.05) is 18.2 Å². The smallest absolute Gasteiger partial charge is 0.208 e. The molecule has 1 aliphatic heterocycles. The van der Waals surface area contributed by atoms with Crippen molar-refractivity contribution in [2.75, 3.05) is 26.2 Å². The predicted octanol–water partition coefficient (Wildman–Crippen LogP) is 5.18. The molecule has 3 heterocycles. The minimum atomic E-state index is 0. The number of nitrogens with one attached hydrogen (secondary N) is 2. The molecule has 0 saturated carbocycles. The standard InChI is InChI=1S/C25H35N5O2.HI/c1-5-26-25(29-18(3)23-14-21-8-6-7-9-22(21)32-23)27-15-20-10-12-30(13-11-20)16-24-28-17(2)19(4)31-24;/h6-9,14,18,20H,5,10-13,15-16H2,1-4H3,(H2,26,27,29);1H. The van der Waals surface area contributed by atoms with Crippen LogP contribution in [0, 0.1) is 19.8 Å². The minimum absolute atomic E-state index is 0. The van der Waals surface area contributed by atoms with Gasteiger partial charge in [-0.15, -0.1) is 24.0 Å². The number of furan rings is 1. The quantitative estimate of drug-likeness (QED) is 0.234. The summed E-state index contributed by atoms with van der Waals surface area (Å²) in [5.74, 6) is 4.10. The topological polar surface area (TPSA) is 78.8 Å². The molecule has 2 aromatic heterocycles. The number of piperidine rings is 1. The Morgan fingerprint density at radius 1 is 1.21 bits per heavy atom. The van der Waals surface area contributed by atoms with Gasteiger partial charge in [0.15, 0.2) is 5.96 Å². The number of hydrogen-bond acceptors (Lipinski definition) is 5. The summed E-state index contributed by atoms with van der Waals surface area (Å²) in [4.78, 5) is 11.8. The minimum Gasteiger partial charge on any atom is -0.459 e. The highest BCUT2D eigenvalue weighted by molar-refractivity contribution is 14.0. The van der Waals surface area contributed by atoms with E-state index in [4.69, 9.17) is 13.8 Å². The van der Waals surface area contributed by atoms with Crippen molar-refractivity contribution >= 4 is 40.9 Å². The molecule has 0 bridgehead atoms. The first-order valence-corrected chi connectivity index (χ1v) is 11.7. The number of likely N-dealkylation sites (tertiary alicyclic amines) is 1. The lowest BCUT2D eigenvalue weighted by atomic mass is 9.97. The van der Waals surface area contributed by atoms with Gasteiger partial charge in [-0.2, -0.15) is 0 Å². The van der Waals surface area contributed by atoms with Crippen LogP contribution in [0.25, 0.3) is 11.0 Å². The van der Waals surface area contributed by atoms with Crippen molar-refractivity contribution in [2.45, 2.75) is 53.1 Å². The number of aromatic nitrogens is 1. The lowest BCUT2D eigenvalue weighted by Gasteiger charge is -2.30. The Morgan fingerprint density at radius 2 is 1.97 bits per heavy atom. The van der Waals surface area contributed by atoms with Gasteiger partial charge in [-0.05, 0) is 71.7 Å². The fourth-order valence-corrected chi connectivity index (χ4v) is 4.16. The summed E-state index contributed by atoms with van der Waals surface area (Å²) in [6.07, 6.45) is 2.28. The second-order valence-electron chi connectivity index (χ2n) is 8.74. The van der Waals surface area contributed by atoms with Crippen LogP contribution in [-0.2, 0) is 6.54 Å². The zero-order valence-corrected chi connectivity index (χ0v) is 22.4. The van der Waals surface area contributed by atoms with E-state index in [2.05, 4.69) is 46.5 Å². The highest BCUT2D eigenvalue weighted by Crippen LogP contribution is 2.24. The Labute approximate surface area is 213 Å². The molecule has 1 saturated heterocycles. The van der Waals surface area contributed by atoms with Crippen LogP contribution in [0.5, 0.6) is 0 Å². The SMILES string of the molecule is CCNC(=NCC1CCN(Cc2nc(C)c(C)o2)CC1)NC(C)c1cc2ccccc2o1.I. The van der Waals surface area contributed by atoms with Crippen LogP contribution in [0.15, 0.2) is 44.2 Å². The third-order valence-electron chi connectivity index (χ3n) is 6.22. The van der Waals surface area contributed by atoms with Crippen molar-refractivity contribution in [3.8, 4) is 0 Å². The van der Waals surface area contributed by atoms with Gasteiger partial charge >= 0.3 is 0 Å². The number of halogens is 1. The van der Waals surface area contributed by atoms with Crippen molar-refractivity contribution in [3.63, 3.8) is 0 Å². The lowest BCUT2D eigenvalue weighted by molar-refractivity contribution is 0.166. The van der Waals surface area contributed by atoms with E-state index >= 15 is 0 Å². The third-order valence-corrected chi connectivity index (χ3v) is 6.22. The Balaban J connectivity index is 0.00000306. The van der Waals surface area contributed by atoms with Gasteiger partial charge in [0.1, 0.15) is 17.1 Å². The third kappa shape index (κ3) is 6.72. The van der Waals surface area contributed by atoms with E-state index in [1.165, 1.54) is 0 Å². The number of oxazole rings is 1. The van der Waals surface area contributed by atoms with Crippen molar-refractivity contribution in [1.82, 2.24) is 20.5 Å². The van der Waals surface area contributed by atoms with Gasteiger partial charge in [0, 0.05) is 18.5 Å². The molecular weight excluding hydrogens is 529 g/mol. The maximum atomic E-state index is 6.01. The van der Waals surface area contributed by atoms with Crippen LogP contribution in [0.4, 0.5) is 0 Å². The van der Waals surface area contributed by atoms with Crippen molar-refractivity contribution in [2.24, 2.45) is 10.9 Å². The maximum absolute atomic E-state index is 6.01. The first-order chi connectivity index (χ1) is 15.5. The van der Waals surface area contributed by atoms with E-state index in [0.29, 0.717) is 5.92 Å². The van der Waals surface area contributed by atoms with Gasteiger partial charge in [0.05, 0.1) is 18.3 Å². The van der Waals surface area contributed by atoms with Crippen LogP contribution < -0.4 is 10.6 Å². The molecule has 8 heteroatoms. The van der Waals surface area contributed by atoms with Gasteiger partial charge in [0.2, 0.25) is 5.89 Å². The number of benzene rings is 1. The summed E-state index contributed by atoms with van der Waals surface area (Å²) in [5, 5.41) is 7.99. The molecule has 0 spiro atoms. The summed E-state index contributed by atoms with van der Waals surface area (Å²) in [5.41, 5.74) is 1.91. The molecule has 4 rings (SSSR count). The number of para-hydroxylation sites is 1. The van der Waals surface area contributed by atoms with Crippen molar-refractivity contribution in [1.29, 1.82) is 0 Å². The summed E-state index contributed by atoms with van der Waals surface area (Å²) in [6, 6.07) is 10.2. The number of guanidine groups is 1. The van der Waals surface area contributed by atoms with Crippen LogP contribution in [-0.4, -0.2) is 42.0 Å². The fraction of sp³-hybridized carbons (Fsp3) is 0.520. The Hall–Kier alpha value is -2.07. The molecular formula is C25H36IN5O2. The fourth-order valence-electron chi connectivity index (χ4n) is 4.16. The van der Waals surface area contributed by atoms with E-state index in [9.17, 15) is 0 Å². The summed E-state index contributed by atoms with van der Waals surface area (Å²) in [7, 11) is 0. The van der Waals surface area contributed by atoms with E-state index < -0.39 is 0 Å². The van der Waals surface area contributed by atoms with Gasteiger partial charge in [-0.25, -0.2) is 4.98 Å². The van der Waals surface area contributed by atoms with E-state index in [1.54, 1.807) is 0 Å². The molecule has 1 fully saturated rings. The molecule has 2 N–H and O–H groups in total. The summed E-state index contributed by atoms with van der Waals surface area (Å²) in [6.45, 7) is 12.7. The molecule has 33 heavy (non-hydrogen) atoms. The highest BCUT2D eigenvalue weighted by Gasteiger charge is 2.21. The maximum Gasteiger partial charge on any atom is 0.208 e. The molecule has 1 aliphatic rings. The largest absolute Gasteiger partial charge is 0.459 e. The van der Waals surface area contributed by atoms with E-state index in [1.807, 2.05) is 32.0 Å². The zero-order valence-electron chi connectivity index (χ0n) is 20.1. The van der Waals surface area contributed by atoms with Gasteiger partial charge in [-0.3, -0.25) is 9.89 Å². The molecule has 0 aliphatic carbocycles. The van der Waals surface area contributed by atoms with Crippen LogP contribution in [0.1, 0.15) is 55.8 Å². The average Bonchev–Trinajstić information content (AvgIpc) is 3.36. The second-order valence-corrected chi connectivity index (χ2v) is 8.74. The summed E-state index contributed by atoms with van der Waals surface area (Å²) >= 11 is 0. The molecule has 1 atom stereocenters. The molecule has 0 radical (unpaired) electrons. The number of aliphatic imine (C=N–C) groups is 1. The normalized spacial score (nSPS) is 16.5. The van der Waals surface area contributed by atoms with Gasteiger partial charge in [0.25, 0.3) is 0 Å². The van der Waals surface area contributed by atoms with Crippen molar-refractivity contribution in [3.05, 3.63) is 53.4 Å². The first kappa shape index (κ1) is 25.6. The lowest BCUT2D eigenvalue weighted by Crippen LogP contribution is -2.39. The van der Waals surface area contributed by atoms with Crippen LogP contribution in [0.3, 0.4) is 0 Å². The van der Waals surface area contributed by atoms with Crippen LogP contribution in [0.2, 0.25) is 0 Å². The summed E-state index contributed by atoms with van der Waals surface area (Å²) < 4.78 is 11.8. The first-order valence-electron chi connectivity index (χ1n) is 11.7. The van der Waals surface area contributed by atoms with Crippen LogP contribution >= 0.6 is 24.0 Å². The van der Waals surface area contributed by atoms with Gasteiger partial charge < -0.3 is 19.5 Å². The molecule has 3 aromatic rings. The molecule has 1 aromatic carbocycles. The Morgan fingerprint density at radius 3 is 2.64 bits per heavy atom. The molecule has 1 unspecified atom stereocenters. The number of hydrogen-bond donors (Lipinski definition) is 2. The Bertz CT molecular complexity index is 1000.